The summed E-state index contributed by atoms with van der Waals surface area (Å²) in [6.07, 6.45) is 5.16. The third-order valence-electron chi connectivity index (χ3n) is 2.64. The van der Waals surface area contributed by atoms with E-state index in [2.05, 4.69) is 6.92 Å². The molecule has 1 nitrogen and oxygen atoms in total. The average Bonchev–Trinajstić information content (AvgIpc) is 2.54. The molecular weight excluding hydrogens is 146 g/mol. The van der Waals surface area contributed by atoms with Crippen molar-refractivity contribution in [2.45, 2.75) is 32.6 Å². The van der Waals surface area contributed by atoms with Crippen LogP contribution in [-0.4, -0.2) is 5.71 Å². The molecule has 58 valence electrons. The molecule has 0 unspecified atom stereocenters. The fraction of sp³-hybridized carbons (Fsp3) is 0.875. The maximum absolute atomic E-state index is 7.72. The Morgan fingerprint density at radius 1 is 1.40 bits per heavy atom. The van der Waals surface area contributed by atoms with Crippen LogP contribution in [0.4, 0.5) is 0 Å². The molecule has 2 heteroatoms. The molecule has 2 aliphatic carbocycles. The van der Waals surface area contributed by atoms with E-state index in [0.717, 1.165) is 5.71 Å². The monoisotopic (exact) mass is 159 g/mol. The zero-order chi connectivity index (χ0) is 6.48. The summed E-state index contributed by atoms with van der Waals surface area (Å²) in [6.45, 7) is 2.23. The second-order valence-electron chi connectivity index (χ2n) is 3.75. The van der Waals surface area contributed by atoms with Gasteiger partial charge in [0.2, 0.25) is 0 Å². The van der Waals surface area contributed by atoms with Crippen molar-refractivity contribution in [1.82, 2.24) is 0 Å². The first kappa shape index (κ1) is 8.06. The lowest BCUT2D eigenvalue weighted by atomic mass is 9.99. The van der Waals surface area contributed by atoms with Gasteiger partial charge in [0.15, 0.2) is 0 Å². The highest BCUT2D eigenvalue weighted by Crippen LogP contribution is 2.51. The topological polar surface area (TPSA) is 23.9 Å². The largest absolute Gasteiger partial charge is 0.309 e. The fourth-order valence-electron chi connectivity index (χ4n) is 1.32. The molecule has 0 radical (unpaired) electrons. The van der Waals surface area contributed by atoms with Gasteiger partial charge in [-0.3, -0.25) is 0 Å². The van der Waals surface area contributed by atoms with E-state index in [0.29, 0.717) is 11.3 Å². The Labute approximate surface area is 68.1 Å². The third kappa shape index (κ3) is 1.20. The molecule has 0 aromatic carbocycles. The summed E-state index contributed by atoms with van der Waals surface area (Å²) in [6, 6.07) is 0. The maximum atomic E-state index is 7.72. The second kappa shape index (κ2) is 2.23. The van der Waals surface area contributed by atoms with E-state index in [1.807, 2.05) is 0 Å². The molecular formula is C8H14ClN. The zero-order valence-electron chi connectivity index (χ0n) is 6.31. The number of hydrogen-bond donors (Lipinski definition) is 1. The van der Waals surface area contributed by atoms with Gasteiger partial charge in [-0.2, -0.15) is 0 Å². The van der Waals surface area contributed by atoms with Crippen LogP contribution in [0.25, 0.3) is 0 Å². The van der Waals surface area contributed by atoms with E-state index in [1.54, 1.807) is 0 Å². The van der Waals surface area contributed by atoms with Gasteiger partial charge in [-0.05, 0) is 31.6 Å². The predicted octanol–water partition coefficient (Wildman–Crippen LogP) is 2.64. The van der Waals surface area contributed by atoms with E-state index < -0.39 is 0 Å². The highest BCUT2D eigenvalue weighted by Gasteiger charge is 2.46. The molecule has 0 spiro atoms. The first-order chi connectivity index (χ1) is 4.22. The molecule has 0 amide bonds. The second-order valence-corrected chi connectivity index (χ2v) is 3.75. The Balaban J connectivity index is 0.000000500. The van der Waals surface area contributed by atoms with Crippen LogP contribution in [-0.2, 0) is 0 Å². The normalized spacial score (nSPS) is 26.9. The van der Waals surface area contributed by atoms with Crippen molar-refractivity contribution < 1.29 is 0 Å². The van der Waals surface area contributed by atoms with Gasteiger partial charge in [-0.25, -0.2) is 0 Å². The summed E-state index contributed by atoms with van der Waals surface area (Å²) in [4.78, 5) is 0. The Hall–Kier alpha value is -0.0400. The average molecular weight is 160 g/mol. The molecule has 2 saturated carbocycles. The Morgan fingerprint density at radius 2 is 1.90 bits per heavy atom. The van der Waals surface area contributed by atoms with Gasteiger partial charge in [0, 0.05) is 11.1 Å². The molecule has 0 aromatic heterocycles. The molecule has 2 fully saturated rings. The smallest absolute Gasteiger partial charge is 0.0179 e. The molecule has 0 saturated heterocycles. The van der Waals surface area contributed by atoms with E-state index >= 15 is 0 Å². The molecule has 2 rings (SSSR count). The number of halogens is 1. The van der Waals surface area contributed by atoms with Crippen molar-refractivity contribution in [2.75, 3.05) is 0 Å². The summed E-state index contributed by atoms with van der Waals surface area (Å²) in [5.41, 5.74) is 1.43. The van der Waals surface area contributed by atoms with Gasteiger partial charge >= 0.3 is 0 Å². The van der Waals surface area contributed by atoms with E-state index in [4.69, 9.17) is 5.41 Å². The summed E-state index contributed by atoms with van der Waals surface area (Å²) in [5, 5.41) is 7.72. The molecule has 2 aliphatic rings. The van der Waals surface area contributed by atoms with Crippen LogP contribution in [0.5, 0.6) is 0 Å². The van der Waals surface area contributed by atoms with Crippen molar-refractivity contribution in [2.24, 2.45) is 11.3 Å². The van der Waals surface area contributed by atoms with Crippen LogP contribution in [0.2, 0.25) is 0 Å². The molecule has 10 heavy (non-hydrogen) atoms. The van der Waals surface area contributed by atoms with Crippen LogP contribution in [0.15, 0.2) is 0 Å². The number of hydrogen-bond acceptors (Lipinski definition) is 1. The van der Waals surface area contributed by atoms with Crippen molar-refractivity contribution in [3.8, 4) is 0 Å². The van der Waals surface area contributed by atoms with Crippen LogP contribution in [0.1, 0.15) is 32.6 Å². The summed E-state index contributed by atoms with van der Waals surface area (Å²) in [7, 11) is 0. The quantitative estimate of drug-likeness (QED) is 0.599. The molecule has 0 heterocycles. The first-order valence-corrected chi connectivity index (χ1v) is 3.81. The molecule has 0 aromatic rings. The maximum Gasteiger partial charge on any atom is 0.0179 e. The van der Waals surface area contributed by atoms with Crippen molar-refractivity contribution >= 4 is 18.1 Å². The molecule has 0 aliphatic heterocycles. The van der Waals surface area contributed by atoms with Gasteiger partial charge in [0.05, 0.1) is 0 Å². The van der Waals surface area contributed by atoms with Gasteiger partial charge in [-0.15, -0.1) is 12.4 Å². The van der Waals surface area contributed by atoms with Gasteiger partial charge in [0.1, 0.15) is 0 Å². The summed E-state index contributed by atoms with van der Waals surface area (Å²) >= 11 is 0. The zero-order valence-corrected chi connectivity index (χ0v) is 7.13. The van der Waals surface area contributed by atoms with E-state index in [-0.39, 0.29) is 12.4 Å². The van der Waals surface area contributed by atoms with Crippen molar-refractivity contribution in [3.05, 3.63) is 0 Å². The van der Waals surface area contributed by atoms with Crippen LogP contribution >= 0.6 is 12.4 Å². The first-order valence-electron chi connectivity index (χ1n) is 3.81. The molecule has 0 atom stereocenters. The van der Waals surface area contributed by atoms with E-state index in [1.165, 1.54) is 25.7 Å². The lowest BCUT2D eigenvalue weighted by Gasteiger charge is -2.07. The minimum atomic E-state index is 0. The SMILES string of the molecule is CC1(C(=N)C2CC2)CC1.Cl. The van der Waals surface area contributed by atoms with Gasteiger partial charge in [-0.1, -0.05) is 6.92 Å². The highest BCUT2D eigenvalue weighted by atomic mass is 35.5. The molecule has 1 N–H and O–H groups in total. The fourth-order valence-corrected chi connectivity index (χ4v) is 1.32. The number of nitrogens with one attached hydrogen (secondary N) is 1. The number of rotatable bonds is 2. The highest BCUT2D eigenvalue weighted by molar-refractivity contribution is 5.93. The molecule has 0 bridgehead atoms. The van der Waals surface area contributed by atoms with Crippen LogP contribution < -0.4 is 0 Å². The van der Waals surface area contributed by atoms with Crippen molar-refractivity contribution in [1.29, 1.82) is 5.41 Å². The Morgan fingerprint density at radius 3 is 2.20 bits per heavy atom. The standard InChI is InChI=1S/C8H13N.ClH/c1-8(4-5-8)7(9)6-2-3-6;/h6,9H,2-5H2,1H3;1H. The summed E-state index contributed by atoms with van der Waals surface area (Å²) in [5.74, 6) is 0.706. The van der Waals surface area contributed by atoms with Gasteiger partial charge in [0.25, 0.3) is 0 Å². The minimum Gasteiger partial charge on any atom is -0.309 e. The lowest BCUT2D eigenvalue weighted by Crippen LogP contribution is -2.11. The van der Waals surface area contributed by atoms with Crippen molar-refractivity contribution in [3.63, 3.8) is 0 Å². The minimum absolute atomic E-state index is 0. The van der Waals surface area contributed by atoms with Crippen LogP contribution in [0, 0.1) is 16.7 Å². The lowest BCUT2D eigenvalue weighted by molar-refractivity contribution is 0.760. The Kier molecular flexibility index (Phi) is 1.80. The predicted molar refractivity (Wildman–Crippen MR) is 45.0 cm³/mol. The Bertz CT molecular complexity index is 157. The summed E-state index contributed by atoms with van der Waals surface area (Å²) < 4.78 is 0. The van der Waals surface area contributed by atoms with Crippen LogP contribution in [0.3, 0.4) is 0 Å². The van der Waals surface area contributed by atoms with E-state index in [9.17, 15) is 0 Å². The van der Waals surface area contributed by atoms with Gasteiger partial charge < -0.3 is 5.41 Å². The third-order valence-corrected chi connectivity index (χ3v) is 2.64.